The van der Waals surface area contributed by atoms with Gasteiger partial charge in [0.05, 0.1) is 19.3 Å². The zero-order chi connectivity index (χ0) is 13.9. The lowest BCUT2D eigenvalue weighted by atomic mass is 10.2. The highest BCUT2D eigenvalue weighted by atomic mass is 16.5. The van der Waals surface area contributed by atoms with Crippen molar-refractivity contribution >= 4 is 6.09 Å². The van der Waals surface area contributed by atoms with Crippen molar-refractivity contribution in [3.8, 4) is 0 Å². The number of carbonyl (C=O) groups is 1. The first kappa shape index (κ1) is 15.2. The summed E-state index contributed by atoms with van der Waals surface area (Å²) >= 11 is 0. The van der Waals surface area contributed by atoms with Crippen LogP contribution in [0, 0.1) is 6.92 Å². The van der Waals surface area contributed by atoms with Crippen molar-refractivity contribution in [2.24, 2.45) is 0 Å². The van der Waals surface area contributed by atoms with Gasteiger partial charge in [-0.1, -0.05) is 49.9 Å². The first-order valence-corrected chi connectivity index (χ1v) is 6.21. The Labute approximate surface area is 114 Å². The molecule has 19 heavy (non-hydrogen) atoms. The smallest absolute Gasteiger partial charge is 0.407 e. The topological polar surface area (TPSA) is 47.6 Å². The maximum absolute atomic E-state index is 11.3. The van der Waals surface area contributed by atoms with E-state index in [4.69, 9.17) is 9.47 Å². The Morgan fingerprint density at radius 3 is 2.74 bits per heavy atom. The predicted molar refractivity (Wildman–Crippen MR) is 74.5 cm³/mol. The average molecular weight is 262 g/mol. The standard InChI is InChI=1S/C15H20NO3/c1-3-10-19-15(17)16-14(4-2)12-18-11-13-8-6-5-7-9-13/h3,5-9,14H,1-2,4,10-12H2,(H,16,17)/t14-/m0/s1. The van der Waals surface area contributed by atoms with Gasteiger partial charge in [0.1, 0.15) is 6.61 Å². The molecule has 0 aromatic heterocycles. The lowest BCUT2D eigenvalue weighted by Crippen LogP contribution is -2.38. The van der Waals surface area contributed by atoms with Crippen LogP contribution in [0.1, 0.15) is 12.0 Å². The van der Waals surface area contributed by atoms with Gasteiger partial charge < -0.3 is 14.8 Å². The number of amides is 1. The second kappa shape index (κ2) is 9.16. The predicted octanol–water partition coefficient (Wildman–Crippen LogP) is 2.71. The zero-order valence-corrected chi connectivity index (χ0v) is 11.0. The van der Waals surface area contributed by atoms with E-state index in [0.717, 1.165) is 5.56 Å². The molecule has 0 saturated carbocycles. The average Bonchev–Trinajstić information content (AvgIpc) is 2.45. The van der Waals surface area contributed by atoms with Gasteiger partial charge in [-0.15, -0.1) is 0 Å². The molecule has 4 heteroatoms. The van der Waals surface area contributed by atoms with Gasteiger partial charge in [-0.2, -0.15) is 0 Å². The number of carbonyl (C=O) groups excluding carboxylic acids is 1. The van der Waals surface area contributed by atoms with Gasteiger partial charge in [0, 0.05) is 0 Å². The van der Waals surface area contributed by atoms with Crippen LogP contribution < -0.4 is 5.32 Å². The summed E-state index contributed by atoms with van der Waals surface area (Å²) in [6.45, 7) is 8.36. The maximum atomic E-state index is 11.3. The number of rotatable bonds is 8. The van der Waals surface area contributed by atoms with E-state index in [9.17, 15) is 4.79 Å². The molecule has 1 rings (SSSR count). The van der Waals surface area contributed by atoms with Crippen LogP contribution in [0.2, 0.25) is 0 Å². The molecule has 0 unspecified atom stereocenters. The maximum Gasteiger partial charge on any atom is 0.407 e. The van der Waals surface area contributed by atoms with Crippen molar-refractivity contribution in [3.63, 3.8) is 0 Å². The highest BCUT2D eigenvalue weighted by molar-refractivity contribution is 5.67. The van der Waals surface area contributed by atoms with Crippen LogP contribution in [-0.2, 0) is 16.1 Å². The lowest BCUT2D eigenvalue weighted by molar-refractivity contribution is 0.0927. The molecule has 0 aliphatic heterocycles. The molecule has 1 N–H and O–H groups in total. The van der Waals surface area contributed by atoms with E-state index >= 15 is 0 Å². The minimum atomic E-state index is -0.475. The van der Waals surface area contributed by atoms with Crippen LogP contribution in [0.15, 0.2) is 43.0 Å². The summed E-state index contributed by atoms with van der Waals surface area (Å²) in [5.41, 5.74) is 1.10. The highest BCUT2D eigenvalue weighted by Gasteiger charge is 2.11. The lowest BCUT2D eigenvalue weighted by Gasteiger charge is -2.16. The summed E-state index contributed by atoms with van der Waals surface area (Å²) in [7, 11) is 0. The van der Waals surface area contributed by atoms with Crippen LogP contribution in [0.3, 0.4) is 0 Å². The van der Waals surface area contributed by atoms with Crippen molar-refractivity contribution in [1.82, 2.24) is 5.32 Å². The summed E-state index contributed by atoms with van der Waals surface area (Å²) in [6, 6.07) is 9.71. The first-order valence-electron chi connectivity index (χ1n) is 6.21. The van der Waals surface area contributed by atoms with E-state index < -0.39 is 6.09 Å². The van der Waals surface area contributed by atoms with E-state index in [1.54, 1.807) is 0 Å². The number of alkyl carbamates (subject to hydrolysis) is 1. The molecule has 0 bridgehead atoms. The van der Waals surface area contributed by atoms with Gasteiger partial charge in [-0.25, -0.2) is 4.79 Å². The van der Waals surface area contributed by atoms with Crippen molar-refractivity contribution in [1.29, 1.82) is 0 Å². The fourth-order valence-corrected chi connectivity index (χ4v) is 1.43. The number of hydrogen-bond donors (Lipinski definition) is 1. The van der Waals surface area contributed by atoms with Crippen LogP contribution in [0.25, 0.3) is 0 Å². The van der Waals surface area contributed by atoms with E-state index in [2.05, 4.69) is 18.8 Å². The normalized spacial score (nSPS) is 11.6. The third-order valence-corrected chi connectivity index (χ3v) is 2.43. The molecule has 1 radical (unpaired) electrons. The van der Waals surface area contributed by atoms with Gasteiger partial charge in [-0.05, 0) is 12.0 Å². The number of nitrogens with one attached hydrogen (secondary N) is 1. The van der Waals surface area contributed by atoms with E-state index in [0.29, 0.717) is 19.6 Å². The Kier molecular flexibility index (Phi) is 7.35. The fourth-order valence-electron chi connectivity index (χ4n) is 1.43. The molecule has 4 nitrogen and oxygen atoms in total. The minimum absolute atomic E-state index is 0.152. The van der Waals surface area contributed by atoms with Crippen molar-refractivity contribution in [3.05, 3.63) is 55.5 Å². The van der Waals surface area contributed by atoms with Gasteiger partial charge in [0.2, 0.25) is 0 Å². The van der Waals surface area contributed by atoms with Crippen LogP contribution in [-0.4, -0.2) is 25.3 Å². The Morgan fingerprint density at radius 1 is 1.37 bits per heavy atom. The molecule has 0 spiro atoms. The van der Waals surface area contributed by atoms with Gasteiger partial charge in [-0.3, -0.25) is 0 Å². The molecule has 0 aliphatic carbocycles. The molecule has 1 atom stereocenters. The largest absolute Gasteiger partial charge is 0.445 e. The van der Waals surface area contributed by atoms with Crippen LogP contribution in [0.5, 0.6) is 0 Å². The Hall–Kier alpha value is -1.81. The molecule has 0 fully saturated rings. The van der Waals surface area contributed by atoms with Crippen LogP contribution >= 0.6 is 0 Å². The molecule has 0 aliphatic rings. The van der Waals surface area contributed by atoms with E-state index in [1.807, 2.05) is 30.3 Å². The number of ether oxygens (including phenoxy) is 2. The van der Waals surface area contributed by atoms with Gasteiger partial charge >= 0.3 is 6.09 Å². The SMILES string of the molecule is [CH2]C[C@@H](COCc1ccccc1)NC(=O)OCC=C. The molecular formula is C15H20NO3. The Morgan fingerprint density at radius 2 is 2.11 bits per heavy atom. The molecule has 103 valence electrons. The third kappa shape index (κ3) is 6.62. The molecule has 1 aromatic rings. The molecular weight excluding hydrogens is 242 g/mol. The Balaban J connectivity index is 2.24. The van der Waals surface area contributed by atoms with Crippen molar-refractivity contribution in [2.45, 2.75) is 19.1 Å². The second-order valence-electron chi connectivity index (χ2n) is 4.02. The molecule has 0 heterocycles. The van der Waals surface area contributed by atoms with Crippen molar-refractivity contribution in [2.75, 3.05) is 13.2 Å². The monoisotopic (exact) mass is 262 g/mol. The minimum Gasteiger partial charge on any atom is -0.445 e. The zero-order valence-electron chi connectivity index (χ0n) is 11.0. The summed E-state index contributed by atoms with van der Waals surface area (Å²) in [4.78, 5) is 11.3. The first-order chi connectivity index (χ1) is 9.26. The van der Waals surface area contributed by atoms with Crippen LogP contribution in [0.4, 0.5) is 4.79 Å². The number of hydrogen-bond acceptors (Lipinski definition) is 3. The molecule has 0 saturated heterocycles. The summed E-state index contributed by atoms with van der Waals surface area (Å²) in [6.07, 6.45) is 1.58. The highest BCUT2D eigenvalue weighted by Crippen LogP contribution is 2.02. The Bertz CT molecular complexity index is 378. The molecule has 1 amide bonds. The summed E-state index contributed by atoms with van der Waals surface area (Å²) < 4.78 is 10.4. The molecule has 1 aromatic carbocycles. The van der Waals surface area contributed by atoms with Gasteiger partial charge in [0.15, 0.2) is 0 Å². The second-order valence-corrected chi connectivity index (χ2v) is 4.02. The quantitative estimate of drug-likeness (QED) is 0.733. The van der Waals surface area contributed by atoms with E-state index in [1.165, 1.54) is 6.08 Å². The number of benzene rings is 1. The van der Waals surface area contributed by atoms with E-state index in [-0.39, 0.29) is 12.6 Å². The summed E-state index contributed by atoms with van der Waals surface area (Å²) in [5.74, 6) is 0. The summed E-state index contributed by atoms with van der Waals surface area (Å²) in [5, 5.41) is 2.69. The fraction of sp³-hybridized carbons (Fsp3) is 0.333. The van der Waals surface area contributed by atoms with Gasteiger partial charge in [0.25, 0.3) is 0 Å². The third-order valence-electron chi connectivity index (χ3n) is 2.43. The van der Waals surface area contributed by atoms with Crippen molar-refractivity contribution < 1.29 is 14.3 Å².